The van der Waals surface area contributed by atoms with Crippen molar-refractivity contribution in [1.29, 1.82) is 0 Å². The number of thiophene rings is 1. The second-order valence-electron chi connectivity index (χ2n) is 3.89. The molecular formula is C14H13NO3S. The second-order valence-corrected chi connectivity index (χ2v) is 4.89. The third-order valence-corrected chi connectivity index (χ3v) is 3.32. The minimum Gasteiger partial charge on any atom is -0.469 e. The molecule has 2 aromatic rings. The summed E-state index contributed by atoms with van der Waals surface area (Å²) in [6, 6.07) is 3.59. The number of hydrogen-bond donors (Lipinski definition) is 2. The number of furan rings is 1. The molecule has 0 saturated carbocycles. The molecule has 0 atom stereocenters. The number of carbonyl (C=O) groups excluding carboxylic acids is 1. The van der Waals surface area contributed by atoms with E-state index < -0.39 is 0 Å². The summed E-state index contributed by atoms with van der Waals surface area (Å²) in [5.41, 5.74) is 1.37. The van der Waals surface area contributed by atoms with Gasteiger partial charge in [0.2, 0.25) is 0 Å². The molecule has 0 bridgehead atoms. The molecule has 98 valence electrons. The maximum Gasteiger partial charge on any atom is 0.254 e. The summed E-state index contributed by atoms with van der Waals surface area (Å²) in [7, 11) is 0. The Bertz CT molecular complexity index is 630. The summed E-state index contributed by atoms with van der Waals surface area (Å²) in [6.07, 6.45) is 1.44. The largest absolute Gasteiger partial charge is 0.469 e. The summed E-state index contributed by atoms with van der Waals surface area (Å²) in [6.45, 7) is 2.10. The topological polar surface area (TPSA) is 62.5 Å². The highest BCUT2D eigenvalue weighted by Crippen LogP contribution is 2.14. The fraction of sp³-hybridized carbons (Fsp3) is 0.214. The molecule has 2 rings (SSSR count). The van der Waals surface area contributed by atoms with Gasteiger partial charge in [0.25, 0.3) is 5.91 Å². The number of nitrogens with one attached hydrogen (secondary N) is 1. The van der Waals surface area contributed by atoms with E-state index in [1.807, 2.05) is 11.4 Å². The van der Waals surface area contributed by atoms with Gasteiger partial charge >= 0.3 is 0 Å². The monoisotopic (exact) mass is 275 g/mol. The van der Waals surface area contributed by atoms with E-state index in [9.17, 15) is 4.79 Å². The van der Waals surface area contributed by atoms with Gasteiger partial charge in [-0.3, -0.25) is 4.79 Å². The minimum atomic E-state index is -0.159. The van der Waals surface area contributed by atoms with E-state index in [4.69, 9.17) is 9.52 Å². The first-order chi connectivity index (χ1) is 9.19. The van der Waals surface area contributed by atoms with E-state index >= 15 is 0 Å². The number of aryl methyl sites for hydroxylation is 1. The van der Waals surface area contributed by atoms with Crippen molar-refractivity contribution in [1.82, 2.24) is 5.32 Å². The van der Waals surface area contributed by atoms with Gasteiger partial charge in [0.05, 0.1) is 12.1 Å². The van der Waals surface area contributed by atoms with Crippen LogP contribution >= 0.6 is 11.3 Å². The Morgan fingerprint density at radius 3 is 3.05 bits per heavy atom. The maximum absolute atomic E-state index is 11.8. The average molecular weight is 275 g/mol. The van der Waals surface area contributed by atoms with Crippen LogP contribution in [-0.4, -0.2) is 17.6 Å². The van der Waals surface area contributed by atoms with Gasteiger partial charge in [0.15, 0.2) is 0 Å². The number of amides is 1. The highest BCUT2D eigenvalue weighted by molar-refractivity contribution is 7.10. The quantitative estimate of drug-likeness (QED) is 0.841. The van der Waals surface area contributed by atoms with Crippen LogP contribution in [0.25, 0.3) is 0 Å². The first-order valence-electron chi connectivity index (χ1n) is 5.69. The van der Waals surface area contributed by atoms with Crippen molar-refractivity contribution in [3.05, 3.63) is 45.5 Å². The number of rotatable bonds is 3. The summed E-state index contributed by atoms with van der Waals surface area (Å²) in [5, 5.41) is 13.3. The van der Waals surface area contributed by atoms with Crippen LogP contribution in [-0.2, 0) is 6.54 Å². The number of carbonyl (C=O) groups is 1. The van der Waals surface area contributed by atoms with Crippen molar-refractivity contribution in [2.45, 2.75) is 13.5 Å². The Morgan fingerprint density at radius 1 is 1.53 bits per heavy atom. The summed E-state index contributed by atoms with van der Waals surface area (Å²) in [5.74, 6) is 5.96. The van der Waals surface area contributed by atoms with Crippen LogP contribution in [0.2, 0.25) is 0 Å². The number of hydrogen-bond acceptors (Lipinski definition) is 4. The maximum atomic E-state index is 11.8. The van der Waals surface area contributed by atoms with Crippen molar-refractivity contribution >= 4 is 17.2 Å². The van der Waals surface area contributed by atoms with Crippen LogP contribution in [0.4, 0.5) is 0 Å². The third-order valence-electron chi connectivity index (χ3n) is 2.38. The fourth-order valence-electron chi connectivity index (χ4n) is 1.51. The molecule has 0 radical (unpaired) electrons. The van der Waals surface area contributed by atoms with Gasteiger partial charge in [-0.2, -0.15) is 0 Å². The lowest BCUT2D eigenvalue weighted by atomic mass is 10.3. The molecule has 0 saturated heterocycles. The Hall–Kier alpha value is -2.03. The highest BCUT2D eigenvalue weighted by atomic mass is 32.1. The van der Waals surface area contributed by atoms with Gasteiger partial charge in [-0.15, -0.1) is 11.3 Å². The first kappa shape index (κ1) is 13.4. The molecule has 2 aromatic heterocycles. The lowest BCUT2D eigenvalue weighted by Crippen LogP contribution is -2.21. The first-order valence-corrected chi connectivity index (χ1v) is 6.57. The van der Waals surface area contributed by atoms with Crippen LogP contribution in [0.5, 0.6) is 0 Å². The Labute approximate surface area is 115 Å². The molecule has 19 heavy (non-hydrogen) atoms. The lowest BCUT2D eigenvalue weighted by Gasteiger charge is -2.00. The molecule has 0 aliphatic carbocycles. The summed E-state index contributed by atoms with van der Waals surface area (Å²) in [4.78, 5) is 12.8. The van der Waals surface area contributed by atoms with Gasteiger partial charge in [-0.05, 0) is 19.1 Å². The molecule has 0 aliphatic rings. The van der Waals surface area contributed by atoms with E-state index in [1.165, 1.54) is 17.6 Å². The zero-order valence-electron chi connectivity index (χ0n) is 10.4. The van der Waals surface area contributed by atoms with E-state index in [2.05, 4.69) is 17.2 Å². The molecule has 0 aliphatic heterocycles. The standard InChI is InChI=1S/C14H13NO3S/c1-10-5-12(8-18-10)14(17)15-7-13-6-11(9-19-13)3-2-4-16/h5-6,8-9,16H,4,7H2,1H3,(H,15,17). The minimum absolute atomic E-state index is 0.151. The third kappa shape index (κ3) is 3.71. The molecule has 5 heteroatoms. The molecular weight excluding hydrogens is 262 g/mol. The molecule has 2 N–H and O–H groups in total. The SMILES string of the molecule is Cc1cc(C(=O)NCc2cc(C#CCO)cs2)co1. The van der Waals surface area contributed by atoms with E-state index in [1.54, 1.807) is 13.0 Å². The van der Waals surface area contributed by atoms with Crippen LogP contribution in [0.15, 0.2) is 28.2 Å². The Balaban J connectivity index is 1.92. The van der Waals surface area contributed by atoms with Gasteiger partial charge < -0.3 is 14.8 Å². The highest BCUT2D eigenvalue weighted by Gasteiger charge is 2.08. The normalized spacial score (nSPS) is 9.79. The van der Waals surface area contributed by atoms with Gasteiger partial charge in [0.1, 0.15) is 18.6 Å². The van der Waals surface area contributed by atoms with Gasteiger partial charge in [0, 0.05) is 15.8 Å². The average Bonchev–Trinajstić information content (AvgIpc) is 3.02. The molecule has 0 unspecified atom stereocenters. The van der Waals surface area contributed by atoms with Crippen molar-refractivity contribution in [2.75, 3.05) is 6.61 Å². The lowest BCUT2D eigenvalue weighted by molar-refractivity contribution is 0.0950. The van der Waals surface area contributed by atoms with Crippen molar-refractivity contribution in [3.63, 3.8) is 0 Å². The summed E-state index contributed by atoms with van der Waals surface area (Å²) >= 11 is 1.52. The molecule has 0 fully saturated rings. The smallest absolute Gasteiger partial charge is 0.254 e. The predicted octanol–water partition coefficient (Wildman–Crippen LogP) is 1.92. The Morgan fingerprint density at radius 2 is 2.37 bits per heavy atom. The zero-order valence-corrected chi connectivity index (χ0v) is 11.2. The predicted molar refractivity (Wildman–Crippen MR) is 72.9 cm³/mol. The molecule has 0 spiro atoms. The number of aliphatic hydroxyl groups is 1. The van der Waals surface area contributed by atoms with Gasteiger partial charge in [-0.25, -0.2) is 0 Å². The molecule has 1 amide bonds. The molecule has 0 aromatic carbocycles. The molecule has 2 heterocycles. The van der Waals surface area contributed by atoms with Crippen LogP contribution in [0.1, 0.15) is 26.6 Å². The summed E-state index contributed by atoms with van der Waals surface area (Å²) < 4.78 is 5.09. The second kappa shape index (κ2) is 6.23. The van der Waals surface area contributed by atoms with Crippen molar-refractivity contribution in [2.24, 2.45) is 0 Å². The van der Waals surface area contributed by atoms with Crippen LogP contribution in [0, 0.1) is 18.8 Å². The number of aliphatic hydroxyl groups excluding tert-OH is 1. The van der Waals surface area contributed by atoms with Crippen molar-refractivity contribution in [3.8, 4) is 11.8 Å². The van der Waals surface area contributed by atoms with Crippen molar-refractivity contribution < 1.29 is 14.3 Å². The van der Waals surface area contributed by atoms with E-state index in [0.29, 0.717) is 17.9 Å². The van der Waals surface area contributed by atoms with Crippen LogP contribution in [0.3, 0.4) is 0 Å². The molecule has 4 nitrogen and oxygen atoms in total. The van der Waals surface area contributed by atoms with E-state index in [0.717, 1.165) is 10.4 Å². The zero-order chi connectivity index (χ0) is 13.7. The van der Waals surface area contributed by atoms with Gasteiger partial charge in [-0.1, -0.05) is 11.8 Å². The van der Waals surface area contributed by atoms with E-state index in [-0.39, 0.29) is 12.5 Å². The fourth-order valence-corrected chi connectivity index (χ4v) is 2.27. The van der Waals surface area contributed by atoms with Crippen LogP contribution < -0.4 is 5.32 Å². The Kier molecular flexibility index (Phi) is 4.39.